The summed E-state index contributed by atoms with van der Waals surface area (Å²) < 4.78 is 0. The van der Waals surface area contributed by atoms with Crippen LogP contribution in [-0.2, 0) is 6.54 Å². The topological polar surface area (TPSA) is 35.6 Å². The summed E-state index contributed by atoms with van der Waals surface area (Å²) in [5.74, 6) is 0.622. The summed E-state index contributed by atoms with van der Waals surface area (Å²) in [5.41, 5.74) is 1.26. The number of hydrogen-bond acceptors (Lipinski definition) is 2. The Morgan fingerprint density at radius 1 is 1.18 bits per heavy atom. The van der Waals surface area contributed by atoms with Gasteiger partial charge in [-0.2, -0.15) is 0 Å². The predicted octanol–water partition coefficient (Wildman–Crippen LogP) is 3.21. The number of rotatable bonds is 5. The Kier molecular flexibility index (Phi) is 6.52. The molecular formula is C17H26ClN3O. The van der Waals surface area contributed by atoms with Gasteiger partial charge in [0.05, 0.1) is 0 Å². The van der Waals surface area contributed by atoms with Gasteiger partial charge >= 0.3 is 6.03 Å². The van der Waals surface area contributed by atoms with E-state index in [4.69, 9.17) is 11.6 Å². The zero-order valence-corrected chi connectivity index (χ0v) is 14.3. The molecule has 0 saturated carbocycles. The van der Waals surface area contributed by atoms with Gasteiger partial charge in [-0.15, -0.1) is 0 Å². The molecule has 0 aromatic heterocycles. The molecule has 1 aliphatic rings. The average molecular weight is 324 g/mol. The number of nitrogens with one attached hydrogen (secondary N) is 1. The number of nitrogens with zero attached hydrogens (tertiary/aromatic N) is 2. The van der Waals surface area contributed by atoms with Crippen LogP contribution in [0.4, 0.5) is 4.79 Å². The number of urea groups is 1. The van der Waals surface area contributed by atoms with Gasteiger partial charge in [0.15, 0.2) is 0 Å². The van der Waals surface area contributed by atoms with Gasteiger partial charge in [0.1, 0.15) is 0 Å². The number of halogens is 1. The van der Waals surface area contributed by atoms with Gasteiger partial charge in [0.25, 0.3) is 0 Å². The number of hydrogen-bond donors (Lipinski definition) is 1. The number of benzene rings is 1. The molecule has 5 heteroatoms. The highest BCUT2D eigenvalue weighted by atomic mass is 35.5. The van der Waals surface area contributed by atoms with Crippen molar-refractivity contribution < 1.29 is 4.79 Å². The maximum absolute atomic E-state index is 12.1. The third-order valence-electron chi connectivity index (χ3n) is 3.98. The molecule has 2 rings (SSSR count). The molecule has 0 radical (unpaired) electrons. The van der Waals surface area contributed by atoms with Gasteiger partial charge in [0, 0.05) is 44.3 Å². The molecule has 0 unspecified atom stereocenters. The second-order valence-corrected chi connectivity index (χ2v) is 6.74. The molecule has 0 spiro atoms. The molecule has 1 aromatic carbocycles. The molecule has 1 fully saturated rings. The van der Waals surface area contributed by atoms with Crippen LogP contribution in [-0.4, -0.2) is 48.6 Å². The second kappa shape index (κ2) is 8.39. The molecule has 122 valence electrons. The Labute approximate surface area is 138 Å². The third-order valence-corrected chi connectivity index (χ3v) is 4.23. The van der Waals surface area contributed by atoms with E-state index in [1.54, 1.807) is 0 Å². The SMILES string of the molecule is CC(C)CCNC(=O)N1CCN(Cc2ccc(Cl)cc2)CC1. The fourth-order valence-corrected chi connectivity index (χ4v) is 2.66. The van der Waals surface area contributed by atoms with Crippen molar-refractivity contribution in [1.82, 2.24) is 15.1 Å². The molecule has 1 saturated heterocycles. The maximum Gasteiger partial charge on any atom is 0.317 e. The number of carbonyl (C=O) groups excluding carboxylic acids is 1. The summed E-state index contributed by atoms with van der Waals surface area (Å²) >= 11 is 5.90. The van der Waals surface area contributed by atoms with Gasteiger partial charge < -0.3 is 10.2 Å². The van der Waals surface area contributed by atoms with Crippen LogP contribution in [0.1, 0.15) is 25.8 Å². The lowest BCUT2D eigenvalue weighted by Crippen LogP contribution is -2.51. The molecule has 0 bridgehead atoms. The molecule has 1 aliphatic heterocycles. The quantitative estimate of drug-likeness (QED) is 0.903. The summed E-state index contributed by atoms with van der Waals surface area (Å²) in [6.07, 6.45) is 1.03. The highest BCUT2D eigenvalue weighted by Crippen LogP contribution is 2.13. The van der Waals surface area contributed by atoms with E-state index < -0.39 is 0 Å². The Hall–Kier alpha value is -1.26. The van der Waals surface area contributed by atoms with Crippen molar-refractivity contribution in [1.29, 1.82) is 0 Å². The maximum atomic E-state index is 12.1. The van der Waals surface area contributed by atoms with Crippen LogP contribution in [0, 0.1) is 5.92 Å². The van der Waals surface area contributed by atoms with E-state index in [-0.39, 0.29) is 6.03 Å². The zero-order chi connectivity index (χ0) is 15.9. The Morgan fingerprint density at radius 3 is 2.41 bits per heavy atom. The molecule has 22 heavy (non-hydrogen) atoms. The van der Waals surface area contributed by atoms with Crippen molar-refractivity contribution in [2.45, 2.75) is 26.8 Å². The van der Waals surface area contributed by atoms with Crippen molar-refractivity contribution >= 4 is 17.6 Å². The lowest BCUT2D eigenvalue weighted by molar-refractivity contribution is 0.135. The van der Waals surface area contributed by atoms with Gasteiger partial charge in [-0.25, -0.2) is 4.79 Å². The summed E-state index contributed by atoms with van der Waals surface area (Å²) in [6.45, 7) is 9.44. The lowest BCUT2D eigenvalue weighted by atomic mass is 10.1. The zero-order valence-electron chi connectivity index (χ0n) is 13.5. The van der Waals surface area contributed by atoms with Crippen molar-refractivity contribution in [3.05, 3.63) is 34.9 Å². The van der Waals surface area contributed by atoms with Crippen LogP contribution in [0.5, 0.6) is 0 Å². The Balaban J connectivity index is 1.71. The Morgan fingerprint density at radius 2 is 1.82 bits per heavy atom. The van der Waals surface area contributed by atoms with E-state index in [1.165, 1.54) is 5.56 Å². The fourth-order valence-electron chi connectivity index (χ4n) is 2.54. The summed E-state index contributed by atoms with van der Waals surface area (Å²) in [4.78, 5) is 16.4. The van der Waals surface area contributed by atoms with E-state index in [9.17, 15) is 4.79 Å². The minimum Gasteiger partial charge on any atom is -0.338 e. The lowest BCUT2D eigenvalue weighted by Gasteiger charge is -2.34. The Bertz CT molecular complexity index is 467. The fraction of sp³-hybridized carbons (Fsp3) is 0.588. The van der Waals surface area contributed by atoms with Gasteiger partial charge in [-0.3, -0.25) is 4.90 Å². The van der Waals surface area contributed by atoms with Gasteiger partial charge in [0.2, 0.25) is 0 Å². The standard InChI is InChI=1S/C17H26ClN3O/c1-14(2)7-8-19-17(22)21-11-9-20(10-12-21)13-15-3-5-16(18)6-4-15/h3-6,14H,7-13H2,1-2H3,(H,19,22). The molecule has 0 aliphatic carbocycles. The number of piperazine rings is 1. The largest absolute Gasteiger partial charge is 0.338 e. The minimum atomic E-state index is 0.0757. The average Bonchev–Trinajstić information content (AvgIpc) is 2.50. The van der Waals surface area contributed by atoms with Crippen molar-refractivity contribution in [3.63, 3.8) is 0 Å². The van der Waals surface area contributed by atoms with Crippen molar-refractivity contribution in [2.24, 2.45) is 5.92 Å². The van der Waals surface area contributed by atoms with E-state index in [0.717, 1.165) is 50.7 Å². The van der Waals surface area contributed by atoms with Crippen LogP contribution < -0.4 is 5.32 Å². The van der Waals surface area contributed by atoms with E-state index in [0.29, 0.717) is 5.92 Å². The highest BCUT2D eigenvalue weighted by molar-refractivity contribution is 6.30. The molecule has 1 N–H and O–H groups in total. The monoisotopic (exact) mass is 323 g/mol. The van der Waals surface area contributed by atoms with Gasteiger partial charge in [-0.1, -0.05) is 37.6 Å². The first kappa shape index (κ1) is 17.1. The van der Waals surface area contributed by atoms with E-state index in [2.05, 4.69) is 36.2 Å². The van der Waals surface area contributed by atoms with Crippen molar-refractivity contribution in [3.8, 4) is 0 Å². The molecular weight excluding hydrogens is 298 g/mol. The molecule has 0 atom stereocenters. The van der Waals surface area contributed by atoms with Crippen LogP contribution in [0.15, 0.2) is 24.3 Å². The summed E-state index contributed by atoms with van der Waals surface area (Å²) in [5, 5.41) is 3.78. The number of carbonyl (C=O) groups is 1. The van der Waals surface area contributed by atoms with E-state index >= 15 is 0 Å². The van der Waals surface area contributed by atoms with Crippen LogP contribution in [0.25, 0.3) is 0 Å². The van der Waals surface area contributed by atoms with Crippen LogP contribution in [0.2, 0.25) is 5.02 Å². The first-order chi connectivity index (χ1) is 10.5. The van der Waals surface area contributed by atoms with Gasteiger partial charge in [-0.05, 0) is 30.0 Å². The summed E-state index contributed by atoms with van der Waals surface area (Å²) in [6, 6.07) is 8.05. The number of amides is 2. The normalized spacial score (nSPS) is 16.1. The molecule has 2 amide bonds. The third kappa shape index (κ3) is 5.50. The van der Waals surface area contributed by atoms with Crippen LogP contribution >= 0.6 is 11.6 Å². The second-order valence-electron chi connectivity index (χ2n) is 6.30. The highest BCUT2D eigenvalue weighted by Gasteiger charge is 2.20. The minimum absolute atomic E-state index is 0.0757. The smallest absolute Gasteiger partial charge is 0.317 e. The summed E-state index contributed by atoms with van der Waals surface area (Å²) in [7, 11) is 0. The molecule has 1 aromatic rings. The molecule has 4 nitrogen and oxygen atoms in total. The van der Waals surface area contributed by atoms with Crippen molar-refractivity contribution in [2.75, 3.05) is 32.7 Å². The van der Waals surface area contributed by atoms with E-state index in [1.807, 2.05) is 17.0 Å². The first-order valence-corrected chi connectivity index (χ1v) is 8.42. The predicted molar refractivity (Wildman–Crippen MR) is 91.2 cm³/mol. The van der Waals surface area contributed by atoms with Crippen LogP contribution in [0.3, 0.4) is 0 Å². The molecule has 1 heterocycles. The first-order valence-electron chi connectivity index (χ1n) is 8.04.